The maximum Gasteiger partial charge on any atom is 0.323 e. The second kappa shape index (κ2) is 5.43. The van der Waals surface area contributed by atoms with Crippen LogP contribution in [0.5, 0.6) is 0 Å². The molecule has 0 spiro atoms. The summed E-state index contributed by atoms with van der Waals surface area (Å²) in [5.41, 5.74) is 0.105. The van der Waals surface area contributed by atoms with Gasteiger partial charge in [-0.25, -0.2) is 0 Å². The largest absolute Gasteiger partial charge is 0.461 e. The lowest BCUT2D eigenvalue weighted by molar-refractivity contribution is -0.150. The van der Waals surface area contributed by atoms with Crippen molar-refractivity contribution in [2.24, 2.45) is 23.2 Å². The minimum atomic E-state index is -1.61. The summed E-state index contributed by atoms with van der Waals surface area (Å²) in [5.74, 6) is 0.852. The van der Waals surface area contributed by atoms with E-state index in [2.05, 4.69) is 61.6 Å². The Labute approximate surface area is 149 Å². The van der Waals surface area contributed by atoms with Gasteiger partial charge in [0.15, 0.2) is 8.32 Å². The van der Waals surface area contributed by atoms with Crippen molar-refractivity contribution in [3.05, 3.63) is 12.2 Å². The highest BCUT2D eigenvalue weighted by Gasteiger charge is 2.62. The standard InChI is InChI=1S/C18H29BrO3Si/c1-11-13(22-23(4,5)6)8-10-17(2)9-7-12-15(14(11)17)21-16(20)18(12,3)19/h8,10-15H,7,9H2,1-6H3/t11-,12-,13+,14-,15-,17+,18+/m1/s1. The first-order valence-corrected chi connectivity index (χ1v) is 12.9. The number of carbonyl (C=O) groups excluding carboxylic acids is 1. The molecule has 0 aromatic carbocycles. The SMILES string of the molecule is C[C@H]1[C@@H]2[C@@H]3OC(=O)[C@@](C)(Br)[C@@H]3CC[C@@]2(C)C=C[C@@H]1O[Si](C)(C)C. The molecule has 5 heteroatoms. The van der Waals surface area contributed by atoms with Crippen LogP contribution in [-0.4, -0.2) is 30.8 Å². The maximum absolute atomic E-state index is 12.3. The fraction of sp³-hybridized carbons (Fsp3) is 0.833. The number of halogens is 1. The number of hydrogen-bond donors (Lipinski definition) is 0. The lowest BCUT2D eigenvalue weighted by Gasteiger charge is -2.52. The molecule has 3 rings (SSSR count). The molecule has 130 valence electrons. The zero-order valence-electron chi connectivity index (χ0n) is 15.1. The van der Waals surface area contributed by atoms with E-state index in [1.807, 2.05) is 6.92 Å². The molecule has 0 aromatic heterocycles. The number of allylic oxidation sites excluding steroid dienone is 1. The predicted molar refractivity (Wildman–Crippen MR) is 98.1 cm³/mol. The van der Waals surface area contributed by atoms with Crippen molar-refractivity contribution < 1.29 is 14.0 Å². The summed E-state index contributed by atoms with van der Waals surface area (Å²) in [4.78, 5) is 12.3. The van der Waals surface area contributed by atoms with E-state index in [1.54, 1.807) is 0 Å². The molecule has 1 saturated carbocycles. The van der Waals surface area contributed by atoms with Gasteiger partial charge in [-0.1, -0.05) is 41.9 Å². The third-order valence-electron chi connectivity index (χ3n) is 6.09. The van der Waals surface area contributed by atoms with Crippen molar-refractivity contribution in [3.63, 3.8) is 0 Å². The lowest BCUT2D eigenvalue weighted by atomic mass is 9.55. The Kier molecular flexibility index (Phi) is 4.18. The summed E-state index contributed by atoms with van der Waals surface area (Å²) in [6, 6.07) is 0. The second-order valence-corrected chi connectivity index (χ2v) is 15.1. The molecule has 0 bridgehead atoms. The van der Waals surface area contributed by atoms with Crippen LogP contribution in [0.25, 0.3) is 0 Å². The molecule has 0 aromatic rings. The van der Waals surface area contributed by atoms with E-state index < -0.39 is 12.6 Å². The van der Waals surface area contributed by atoms with E-state index in [-0.39, 0.29) is 29.5 Å². The Hall–Kier alpha value is -0.133. The monoisotopic (exact) mass is 400 g/mol. The number of alkyl halides is 1. The molecular formula is C18H29BrO3Si. The molecule has 1 saturated heterocycles. The zero-order valence-corrected chi connectivity index (χ0v) is 17.6. The molecule has 2 fully saturated rings. The third kappa shape index (κ3) is 2.87. The highest BCUT2D eigenvalue weighted by molar-refractivity contribution is 9.10. The zero-order chi connectivity index (χ0) is 17.2. The third-order valence-corrected chi connectivity index (χ3v) is 7.98. The molecule has 0 amide bonds. The summed E-state index contributed by atoms with van der Waals surface area (Å²) in [6.45, 7) is 13.3. The van der Waals surface area contributed by atoms with Crippen molar-refractivity contribution in [3.8, 4) is 0 Å². The average molecular weight is 401 g/mol. The minimum absolute atomic E-state index is 0.00156. The Morgan fingerprint density at radius 2 is 2.00 bits per heavy atom. The first-order chi connectivity index (χ1) is 10.5. The van der Waals surface area contributed by atoms with Gasteiger partial charge in [0.1, 0.15) is 10.4 Å². The predicted octanol–water partition coefficient (Wildman–Crippen LogP) is 4.52. The first kappa shape index (κ1) is 17.7. The van der Waals surface area contributed by atoms with E-state index in [0.717, 1.165) is 12.8 Å². The Bertz CT molecular complexity index is 539. The highest BCUT2D eigenvalue weighted by Crippen LogP contribution is 2.58. The van der Waals surface area contributed by atoms with Crippen molar-refractivity contribution in [2.75, 3.05) is 0 Å². The van der Waals surface area contributed by atoms with Gasteiger partial charge >= 0.3 is 5.97 Å². The molecule has 23 heavy (non-hydrogen) atoms. The molecule has 1 heterocycles. The van der Waals surface area contributed by atoms with Gasteiger partial charge in [-0.3, -0.25) is 4.79 Å². The van der Waals surface area contributed by atoms with Crippen LogP contribution in [0.4, 0.5) is 0 Å². The fourth-order valence-corrected chi connectivity index (χ4v) is 6.58. The van der Waals surface area contributed by atoms with Crippen LogP contribution < -0.4 is 0 Å². The van der Waals surface area contributed by atoms with Gasteiger partial charge in [-0.05, 0) is 50.7 Å². The van der Waals surface area contributed by atoms with Crippen LogP contribution in [0.1, 0.15) is 33.6 Å². The smallest absolute Gasteiger partial charge is 0.323 e. The van der Waals surface area contributed by atoms with Crippen molar-refractivity contribution in [1.29, 1.82) is 0 Å². The quantitative estimate of drug-likeness (QED) is 0.295. The van der Waals surface area contributed by atoms with Crippen LogP contribution in [0.2, 0.25) is 19.6 Å². The lowest BCUT2D eigenvalue weighted by Crippen LogP contribution is -2.53. The molecule has 3 aliphatic rings. The van der Waals surface area contributed by atoms with Crippen molar-refractivity contribution >= 4 is 30.2 Å². The number of fused-ring (bicyclic) bond motifs is 3. The van der Waals surface area contributed by atoms with Gasteiger partial charge in [0.25, 0.3) is 0 Å². The van der Waals surface area contributed by atoms with Crippen LogP contribution in [-0.2, 0) is 14.0 Å². The maximum atomic E-state index is 12.3. The van der Waals surface area contributed by atoms with Gasteiger partial charge in [0, 0.05) is 11.8 Å². The number of hydrogen-bond acceptors (Lipinski definition) is 3. The number of carbonyl (C=O) groups is 1. The molecule has 0 unspecified atom stereocenters. The molecule has 2 aliphatic carbocycles. The summed E-state index contributed by atoms with van der Waals surface area (Å²) in [7, 11) is -1.61. The van der Waals surface area contributed by atoms with Crippen molar-refractivity contribution in [1.82, 2.24) is 0 Å². The van der Waals surface area contributed by atoms with Crippen molar-refractivity contribution in [2.45, 2.75) is 69.8 Å². The molecule has 1 aliphatic heterocycles. The van der Waals surface area contributed by atoms with E-state index in [1.165, 1.54) is 0 Å². The van der Waals surface area contributed by atoms with Gasteiger partial charge in [-0.15, -0.1) is 0 Å². The summed E-state index contributed by atoms with van der Waals surface area (Å²) >= 11 is 3.65. The topological polar surface area (TPSA) is 35.5 Å². The van der Waals surface area contributed by atoms with Crippen LogP contribution >= 0.6 is 15.9 Å². The molecule has 3 nitrogen and oxygen atoms in total. The Morgan fingerprint density at radius 1 is 1.35 bits per heavy atom. The Balaban J connectivity index is 1.93. The van der Waals surface area contributed by atoms with Gasteiger partial charge in [0.05, 0.1) is 6.10 Å². The van der Waals surface area contributed by atoms with Gasteiger partial charge < -0.3 is 9.16 Å². The summed E-state index contributed by atoms with van der Waals surface area (Å²) in [5, 5.41) is 0. The average Bonchev–Trinajstić information content (AvgIpc) is 2.62. The summed E-state index contributed by atoms with van der Waals surface area (Å²) in [6.07, 6.45) is 6.89. The molecular weight excluding hydrogens is 372 g/mol. The fourth-order valence-electron chi connectivity index (χ4n) is 4.89. The Morgan fingerprint density at radius 3 is 2.61 bits per heavy atom. The second-order valence-electron chi connectivity index (χ2n) is 9.04. The van der Waals surface area contributed by atoms with Crippen LogP contribution in [0.3, 0.4) is 0 Å². The van der Waals surface area contributed by atoms with Crippen LogP contribution in [0.15, 0.2) is 12.2 Å². The number of esters is 1. The van der Waals surface area contributed by atoms with E-state index in [9.17, 15) is 4.79 Å². The highest BCUT2D eigenvalue weighted by atomic mass is 79.9. The molecule has 0 radical (unpaired) electrons. The van der Waals surface area contributed by atoms with E-state index >= 15 is 0 Å². The van der Waals surface area contributed by atoms with Gasteiger partial charge in [-0.2, -0.15) is 0 Å². The number of ether oxygens (including phenoxy) is 1. The first-order valence-electron chi connectivity index (χ1n) is 8.73. The van der Waals surface area contributed by atoms with E-state index in [0.29, 0.717) is 11.8 Å². The summed E-state index contributed by atoms with van der Waals surface area (Å²) < 4.78 is 11.8. The van der Waals surface area contributed by atoms with Crippen LogP contribution in [0, 0.1) is 23.2 Å². The van der Waals surface area contributed by atoms with E-state index in [4.69, 9.17) is 9.16 Å². The molecule has 0 N–H and O–H groups in total. The van der Waals surface area contributed by atoms with Gasteiger partial charge in [0.2, 0.25) is 0 Å². The molecule has 7 atom stereocenters. The number of rotatable bonds is 2. The minimum Gasteiger partial charge on any atom is -0.461 e. The normalized spacial score (nSPS) is 49.5.